The largest absolute Gasteiger partial charge is 0.398 e. The molecule has 2 rings (SSSR count). The average molecular weight is 291 g/mol. The summed E-state index contributed by atoms with van der Waals surface area (Å²) in [6.07, 6.45) is 3.93. The van der Waals surface area contributed by atoms with Gasteiger partial charge in [-0.1, -0.05) is 24.4 Å². The number of benzene rings is 1. The van der Waals surface area contributed by atoms with Gasteiger partial charge in [0.25, 0.3) is 0 Å². The van der Waals surface area contributed by atoms with Gasteiger partial charge in [0.2, 0.25) is 0 Å². The average Bonchev–Trinajstić information content (AvgIpc) is 2.84. The Morgan fingerprint density at radius 2 is 1.89 bits per heavy atom. The standard InChI is InChI=1S/C13H19ClN2O.ClH/c14-9-5-6-11(15)10(7-9)12(16)13(17)8-3-1-2-4-8;/h5-8,12-13,17H,1-4,15-16H2;1H/t12-,13+;/m0./s1. The lowest BCUT2D eigenvalue weighted by molar-refractivity contribution is 0.0847. The molecular formula is C13H20Cl2N2O. The van der Waals surface area contributed by atoms with Gasteiger partial charge in [0.15, 0.2) is 0 Å². The van der Waals surface area contributed by atoms with Crippen molar-refractivity contribution >= 4 is 29.7 Å². The smallest absolute Gasteiger partial charge is 0.0761 e. The van der Waals surface area contributed by atoms with E-state index in [0.717, 1.165) is 18.4 Å². The molecule has 0 amide bonds. The topological polar surface area (TPSA) is 72.3 Å². The van der Waals surface area contributed by atoms with Crippen molar-refractivity contribution in [3.8, 4) is 0 Å². The predicted octanol–water partition coefficient (Wildman–Crippen LogP) is 2.89. The van der Waals surface area contributed by atoms with Crippen LogP contribution in [-0.4, -0.2) is 11.2 Å². The summed E-state index contributed by atoms with van der Waals surface area (Å²) in [4.78, 5) is 0. The Bertz CT molecular complexity index is 395. The van der Waals surface area contributed by atoms with E-state index >= 15 is 0 Å². The Kier molecular flexibility index (Phi) is 5.73. The van der Waals surface area contributed by atoms with Crippen LogP contribution < -0.4 is 11.5 Å². The van der Waals surface area contributed by atoms with Gasteiger partial charge in [-0.2, -0.15) is 0 Å². The highest BCUT2D eigenvalue weighted by Crippen LogP contribution is 2.34. The molecule has 0 aliphatic heterocycles. The first-order valence-corrected chi connectivity index (χ1v) is 6.46. The van der Waals surface area contributed by atoms with Gasteiger partial charge in [0.05, 0.1) is 12.1 Å². The van der Waals surface area contributed by atoms with Crippen LogP contribution in [0.1, 0.15) is 37.3 Å². The molecule has 5 N–H and O–H groups in total. The van der Waals surface area contributed by atoms with Gasteiger partial charge in [-0.05, 0) is 42.5 Å². The summed E-state index contributed by atoms with van der Waals surface area (Å²) >= 11 is 5.93. The second kappa shape index (κ2) is 6.62. The lowest BCUT2D eigenvalue weighted by Gasteiger charge is -2.25. The van der Waals surface area contributed by atoms with Crippen molar-refractivity contribution in [2.75, 3.05) is 5.73 Å². The van der Waals surface area contributed by atoms with Crippen molar-refractivity contribution in [1.82, 2.24) is 0 Å². The van der Waals surface area contributed by atoms with Gasteiger partial charge in [-0.25, -0.2) is 0 Å². The SMILES string of the molecule is Cl.Nc1ccc(Cl)cc1[C@H](N)[C@H](O)C1CCCC1. The summed E-state index contributed by atoms with van der Waals surface area (Å²) in [5, 5.41) is 10.9. The summed E-state index contributed by atoms with van der Waals surface area (Å²) < 4.78 is 0. The van der Waals surface area contributed by atoms with Gasteiger partial charge in [-0.3, -0.25) is 0 Å². The fourth-order valence-electron chi connectivity index (χ4n) is 2.61. The van der Waals surface area contributed by atoms with Crippen LogP contribution in [0.4, 0.5) is 5.69 Å². The van der Waals surface area contributed by atoms with E-state index in [4.69, 9.17) is 23.1 Å². The quantitative estimate of drug-likeness (QED) is 0.750. The maximum Gasteiger partial charge on any atom is 0.0761 e. The van der Waals surface area contributed by atoms with Crippen molar-refractivity contribution < 1.29 is 5.11 Å². The van der Waals surface area contributed by atoms with E-state index in [1.807, 2.05) is 0 Å². The van der Waals surface area contributed by atoms with E-state index in [1.165, 1.54) is 12.8 Å². The number of anilines is 1. The summed E-state index contributed by atoms with van der Waals surface area (Å²) in [7, 11) is 0. The first-order chi connectivity index (χ1) is 8.09. The molecule has 0 spiro atoms. The summed E-state index contributed by atoms with van der Waals surface area (Å²) in [6.45, 7) is 0. The summed E-state index contributed by atoms with van der Waals surface area (Å²) in [5.41, 5.74) is 13.3. The van der Waals surface area contributed by atoms with Gasteiger partial charge < -0.3 is 16.6 Å². The number of aliphatic hydroxyl groups is 1. The molecule has 3 nitrogen and oxygen atoms in total. The monoisotopic (exact) mass is 290 g/mol. The fourth-order valence-corrected chi connectivity index (χ4v) is 2.79. The third-order valence-corrected chi connectivity index (χ3v) is 3.89. The van der Waals surface area contributed by atoms with E-state index in [1.54, 1.807) is 18.2 Å². The molecule has 0 saturated heterocycles. The van der Waals surface area contributed by atoms with Gasteiger partial charge in [0.1, 0.15) is 0 Å². The molecule has 0 aromatic heterocycles. The zero-order valence-electron chi connectivity index (χ0n) is 10.2. The van der Waals surface area contributed by atoms with Gasteiger partial charge >= 0.3 is 0 Å². The maximum atomic E-state index is 10.3. The van der Waals surface area contributed by atoms with Crippen molar-refractivity contribution in [1.29, 1.82) is 0 Å². The van der Waals surface area contributed by atoms with E-state index in [-0.39, 0.29) is 12.4 Å². The Labute approximate surface area is 119 Å². The van der Waals surface area contributed by atoms with E-state index < -0.39 is 12.1 Å². The molecule has 1 saturated carbocycles. The van der Waals surface area contributed by atoms with Crippen molar-refractivity contribution in [2.24, 2.45) is 11.7 Å². The van der Waals surface area contributed by atoms with Crippen LogP contribution in [0.3, 0.4) is 0 Å². The third-order valence-electron chi connectivity index (χ3n) is 3.66. The van der Waals surface area contributed by atoms with E-state index in [2.05, 4.69) is 0 Å². The highest BCUT2D eigenvalue weighted by molar-refractivity contribution is 6.30. The molecule has 1 fully saturated rings. The fraction of sp³-hybridized carbons (Fsp3) is 0.538. The molecule has 1 aromatic rings. The highest BCUT2D eigenvalue weighted by atomic mass is 35.5. The zero-order valence-corrected chi connectivity index (χ0v) is 11.8. The number of aliphatic hydroxyl groups excluding tert-OH is 1. The molecule has 18 heavy (non-hydrogen) atoms. The highest BCUT2D eigenvalue weighted by Gasteiger charge is 2.29. The molecule has 0 unspecified atom stereocenters. The number of hydrogen-bond acceptors (Lipinski definition) is 3. The second-order valence-corrected chi connectivity index (χ2v) is 5.27. The normalized spacial score (nSPS) is 19.3. The lowest BCUT2D eigenvalue weighted by atomic mass is 9.90. The van der Waals surface area contributed by atoms with E-state index in [9.17, 15) is 5.11 Å². The van der Waals surface area contributed by atoms with E-state index in [0.29, 0.717) is 16.6 Å². The van der Waals surface area contributed by atoms with Crippen molar-refractivity contribution in [3.05, 3.63) is 28.8 Å². The Morgan fingerprint density at radius 1 is 1.28 bits per heavy atom. The molecule has 1 aliphatic rings. The second-order valence-electron chi connectivity index (χ2n) is 4.83. The Balaban J connectivity index is 0.00000162. The minimum absolute atomic E-state index is 0. The molecule has 5 heteroatoms. The molecule has 0 bridgehead atoms. The molecule has 2 atom stereocenters. The van der Waals surface area contributed by atoms with Crippen LogP contribution >= 0.6 is 24.0 Å². The zero-order chi connectivity index (χ0) is 12.4. The van der Waals surface area contributed by atoms with Crippen LogP contribution in [0, 0.1) is 5.92 Å². The van der Waals surface area contributed by atoms with Crippen LogP contribution in [0.25, 0.3) is 0 Å². The summed E-state index contributed by atoms with van der Waals surface area (Å²) in [5.74, 6) is 0.295. The predicted molar refractivity (Wildman–Crippen MR) is 78.0 cm³/mol. The lowest BCUT2D eigenvalue weighted by Crippen LogP contribution is -2.32. The molecule has 1 aliphatic carbocycles. The molecule has 1 aromatic carbocycles. The van der Waals surface area contributed by atoms with Gasteiger partial charge in [-0.15, -0.1) is 12.4 Å². The number of nitrogen functional groups attached to an aromatic ring is 1. The number of hydrogen-bond donors (Lipinski definition) is 3. The molecule has 0 heterocycles. The number of rotatable bonds is 3. The van der Waals surface area contributed by atoms with Gasteiger partial charge in [0, 0.05) is 10.7 Å². The summed E-state index contributed by atoms with van der Waals surface area (Å²) in [6, 6.07) is 4.77. The Hall–Kier alpha value is -0.480. The first-order valence-electron chi connectivity index (χ1n) is 6.08. The minimum Gasteiger partial charge on any atom is -0.398 e. The third kappa shape index (κ3) is 3.29. The molecular weight excluding hydrogens is 271 g/mol. The maximum absolute atomic E-state index is 10.3. The Morgan fingerprint density at radius 3 is 2.50 bits per heavy atom. The first kappa shape index (κ1) is 15.6. The molecule has 102 valence electrons. The van der Waals surface area contributed by atoms with Crippen LogP contribution in [-0.2, 0) is 0 Å². The van der Waals surface area contributed by atoms with Crippen molar-refractivity contribution in [3.63, 3.8) is 0 Å². The molecule has 0 radical (unpaired) electrons. The van der Waals surface area contributed by atoms with Crippen LogP contribution in [0.2, 0.25) is 5.02 Å². The number of halogens is 2. The van der Waals surface area contributed by atoms with Crippen LogP contribution in [0.15, 0.2) is 18.2 Å². The minimum atomic E-state index is -0.529. The van der Waals surface area contributed by atoms with Crippen molar-refractivity contribution in [2.45, 2.75) is 37.8 Å². The number of nitrogens with two attached hydrogens (primary N) is 2. The van der Waals surface area contributed by atoms with Crippen LogP contribution in [0.5, 0.6) is 0 Å².